The normalized spacial score (nSPS) is 16.0. The highest BCUT2D eigenvalue weighted by Gasteiger charge is 2.24. The fourth-order valence-electron chi connectivity index (χ4n) is 2.09. The van der Waals surface area contributed by atoms with Gasteiger partial charge in [0.05, 0.1) is 0 Å². The van der Waals surface area contributed by atoms with Gasteiger partial charge in [-0.25, -0.2) is 0 Å². The predicted octanol–water partition coefficient (Wildman–Crippen LogP) is 4.48. The molecule has 0 aromatic heterocycles. The molecule has 1 saturated carbocycles. The quantitative estimate of drug-likeness (QED) is 0.674. The third-order valence-corrected chi connectivity index (χ3v) is 3.18. The molecule has 0 atom stereocenters. The molecule has 0 saturated heterocycles. The Morgan fingerprint density at radius 1 is 1.20 bits per heavy atom. The minimum Gasteiger partial charge on any atom is -0.0651 e. The van der Waals surface area contributed by atoms with Crippen molar-refractivity contribution in [1.29, 1.82) is 0 Å². The van der Waals surface area contributed by atoms with Gasteiger partial charge >= 0.3 is 0 Å². The fourth-order valence-corrected chi connectivity index (χ4v) is 2.09. The van der Waals surface area contributed by atoms with Crippen LogP contribution in [0.2, 0.25) is 0 Å². The van der Waals surface area contributed by atoms with E-state index < -0.39 is 0 Å². The SMILES string of the molecule is CCCc1cc([C](C)C)cc(C2CC2)c1. The molecule has 0 heteroatoms. The standard InChI is InChI=1S/C15H21/c1-4-5-12-8-14(11(2)3)10-15(9-12)13-6-7-13/h8-10,13H,4-7H2,1-3H3. The minimum atomic E-state index is 0.875. The highest BCUT2D eigenvalue weighted by atomic mass is 14.3. The van der Waals surface area contributed by atoms with Gasteiger partial charge in [0, 0.05) is 0 Å². The molecule has 15 heavy (non-hydrogen) atoms. The zero-order valence-electron chi connectivity index (χ0n) is 10.1. The number of benzene rings is 1. The third kappa shape index (κ3) is 2.62. The van der Waals surface area contributed by atoms with Crippen molar-refractivity contribution in [2.45, 2.75) is 52.4 Å². The Morgan fingerprint density at radius 3 is 2.47 bits per heavy atom. The lowest BCUT2D eigenvalue weighted by Gasteiger charge is -2.11. The first-order valence-electron chi connectivity index (χ1n) is 6.15. The molecule has 0 aliphatic heterocycles. The van der Waals surface area contributed by atoms with Crippen LogP contribution in [0.15, 0.2) is 18.2 Å². The van der Waals surface area contributed by atoms with Crippen molar-refractivity contribution in [3.63, 3.8) is 0 Å². The van der Waals surface area contributed by atoms with Crippen LogP contribution in [0.25, 0.3) is 0 Å². The van der Waals surface area contributed by atoms with Gasteiger partial charge in [-0.3, -0.25) is 0 Å². The average Bonchev–Trinajstić information content (AvgIpc) is 3.01. The van der Waals surface area contributed by atoms with Crippen LogP contribution in [-0.2, 0) is 6.42 Å². The van der Waals surface area contributed by atoms with Gasteiger partial charge in [-0.2, -0.15) is 0 Å². The number of aryl methyl sites for hydroxylation is 1. The maximum atomic E-state index is 2.42. The summed E-state index contributed by atoms with van der Waals surface area (Å²) >= 11 is 0. The van der Waals surface area contributed by atoms with Crippen molar-refractivity contribution in [2.24, 2.45) is 0 Å². The summed E-state index contributed by atoms with van der Waals surface area (Å²) in [5, 5.41) is 0. The van der Waals surface area contributed by atoms with E-state index in [9.17, 15) is 0 Å². The van der Waals surface area contributed by atoms with Crippen LogP contribution in [0, 0.1) is 5.92 Å². The zero-order valence-corrected chi connectivity index (χ0v) is 10.1. The maximum Gasteiger partial charge on any atom is -0.00118 e. The van der Waals surface area contributed by atoms with E-state index in [1.54, 1.807) is 5.56 Å². The molecule has 1 aromatic rings. The van der Waals surface area contributed by atoms with E-state index in [0.717, 1.165) is 5.92 Å². The lowest BCUT2D eigenvalue weighted by atomic mass is 9.94. The second-order valence-electron chi connectivity index (χ2n) is 4.99. The van der Waals surface area contributed by atoms with E-state index in [-0.39, 0.29) is 0 Å². The molecule has 1 aliphatic rings. The molecular formula is C15H21. The Kier molecular flexibility index (Phi) is 3.14. The zero-order chi connectivity index (χ0) is 10.8. The van der Waals surface area contributed by atoms with Crippen LogP contribution in [0.5, 0.6) is 0 Å². The number of hydrogen-bond donors (Lipinski definition) is 0. The summed E-state index contributed by atoms with van der Waals surface area (Å²) in [5.41, 5.74) is 4.55. The molecule has 81 valence electrons. The maximum absolute atomic E-state index is 2.42. The van der Waals surface area contributed by atoms with Gasteiger partial charge in [-0.15, -0.1) is 0 Å². The van der Waals surface area contributed by atoms with E-state index >= 15 is 0 Å². The fraction of sp³-hybridized carbons (Fsp3) is 0.533. The Labute approximate surface area is 93.7 Å². The summed E-state index contributed by atoms with van der Waals surface area (Å²) in [6.45, 7) is 6.68. The van der Waals surface area contributed by atoms with Gasteiger partial charge in [0.15, 0.2) is 0 Å². The van der Waals surface area contributed by atoms with Crippen LogP contribution in [0.1, 0.15) is 62.6 Å². The summed E-state index contributed by atoms with van der Waals surface area (Å²) in [6.07, 6.45) is 5.27. The predicted molar refractivity (Wildman–Crippen MR) is 66.1 cm³/mol. The highest BCUT2D eigenvalue weighted by Crippen LogP contribution is 2.41. The summed E-state index contributed by atoms with van der Waals surface area (Å²) < 4.78 is 0. The monoisotopic (exact) mass is 201 g/mol. The topological polar surface area (TPSA) is 0 Å². The van der Waals surface area contributed by atoms with Crippen LogP contribution < -0.4 is 0 Å². The molecule has 0 unspecified atom stereocenters. The van der Waals surface area contributed by atoms with E-state index in [1.165, 1.54) is 42.7 Å². The van der Waals surface area contributed by atoms with E-state index in [2.05, 4.69) is 39.0 Å². The second-order valence-corrected chi connectivity index (χ2v) is 4.99. The molecule has 0 nitrogen and oxygen atoms in total. The molecule has 0 bridgehead atoms. The van der Waals surface area contributed by atoms with Crippen molar-refractivity contribution >= 4 is 0 Å². The minimum absolute atomic E-state index is 0.875. The molecule has 0 spiro atoms. The van der Waals surface area contributed by atoms with Crippen LogP contribution >= 0.6 is 0 Å². The summed E-state index contributed by atoms with van der Waals surface area (Å²) in [4.78, 5) is 0. The van der Waals surface area contributed by atoms with Crippen LogP contribution in [-0.4, -0.2) is 0 Å². The van der Waals surface area contributed by atoms with Crippen molar-refractivity contribution in [1.82, 2.24) is 0 Å². The Hall–Kier alpha value is -0.780. The Balaban J connectivity index is 2.30. The highest BCUT2D eigenvalue weighted by molar-refractivity contribution is 5.39. The molecule has 0 N–H and O–H groups in total. The summed E-state index contributed by atoms with van der Waals surface area (Å²) in [6, 6.07) is 7.18. The number of hydrogen-bond acceptors (Lipinski definition) is 0. The van der Waals surface area contributed by atoms with Gasteiger partial charge in [-0.05, 0) is 47.8 Å². The largest absolute Gasteiger partial charge is 0.0651 e. The average molecular weight is 201 g/mol. The van der Waals surface area contributed by atoms with Gasteiger partial charge in [-0.1, -0.05) is 45.4 Å². The molecule has 0 heterocycles. The lowest BCUT2D eigenvalue weighted by Crippen LogP contribution is -1.95. The molecule has 1 aromatic carbocycles. The molecule has 1 fully saturated rings. The van der Waals surface area contributed by atoms with Crippen LogP contribution in [0.4, 0.5) is 0 Å². The van der Waals surface area contributed by atoms with E-state index in [1.807, 2.05) is 0 Å². The Morgan fingerprint density at radius 2 is 1.93 bits per heavy atom. The van der Waals surface area contributed by atoms with Crippen molar-refractivity contribution in [3.05, 3.63) is 40.8 Å². The van der Waals surface area contributed by atoms with Crippen molar-refractivity contribution in [3.8, 4) is 0 Å². The first-order valence-corrected chi connectivity index (χ1v) is 6.15. The first-order chi connectivity index (χ1) is 7.20. The van der Waals surface area contributed by atoms with Crippen LogP contribution in [0.3, 0.4) is 0 Å². The molecular weight excluding hydrogens is 180 g/mol. The molecule has 2 rings (SSSR count). The van der Waals surface area contributed by atoms with E-state index in [4.69, 9.17) is 0 Å². The van der Waals surface area contributed by atoms with Gasteiger partial charge in [0.2, 0.25) is 0 Å². The van der Waals surface area contributed by atoms with Gasteiger partial charge in [0.1, 0.15) is 0 Å². The number of rotatable bonds is 4. The lowest BCUT2D eigenvalue weighted by molar-refractivity contribution is 0.912. The summed E-state index contributed by atoms with van der Waals surface area (Å²) in [7, 11) is 0. The van der Waals surface area contributed by atoms with Crippen molar-refractivity contribution in [2.75, 3.05) is 0 Å². The third-order valence-electron chi connectivity index (χ3n) is 3.18. The summed E-state index contributed by atoms with van der Waals surface area (Å²) in [5.74, 6) is 2.31. The Bertz CT molecular complexity index is 312. The molecule has 0 amide bonds. The molecule has 1 aliphatic carbocycles. The molecule has 1 radical (unpaired) electrons. The van der Waals surface area contributed by atoms with Crippen molar-refractivity contribution < 1.29 is 0 Å². The van der Waals surface area contributed by atoms with Gasteiger partial charge < -0.3 is 0 Å². The second kappa shape index (κ2) is 4.38. The first kappa shape index (κ1) is 10.7. The van der Waals surface area contributed by atoms with E-state index in [0.29, 0.717) is 0 Å². The van der Waals surface area contributed by atoms with Gasteiger partial charge in [0.25, 0.3) is 0 Å². The smallest absolute Gasteiger partial charge is 0.00118 e.